The number of thiophene rings is 1. The molecule has 0 aliphatic heterocycles. The van der Waals surface area contributed by atoms with Gasteiger partial charge < -0.3 is 10.1 Å². The van der Waals surface area contributed by atoms with Crippen molar-refractivity contribution in [1.82, 2.24) is 0 Å². The van der Waals surface area contributed by atoms with Crippen molar-refractivity contribution in [3.05, 3.63) is 45.6 Å². The van der Waals surface area contributed by atoms with Crippen LogP contribution in [0.2, 0.25) is 0 Å². The van der Waals surface area contributed by atoms with Crippen LogP contribution in [0.25, 0.3) is 0 Å². The lowest BCUT2D eigenvalue weighted by Crippen LogP contribution is -2.10. The first-order chi connectivity index (χ1) is 10.7. The number of rotatable bonds is 4. The minimum absolute atomic E-state index is 0.0174. The zero-order valence-corrected chi connectivity index (χ0v) is 13.8. The predicted octanol–water partition coefficient (Wildman–Crippen LogP) is 4.52. The zero-order chi connectivity index (χ0) is 15.5. The van der Waals surface area contributed by atoms with Gasteiger partial charge in [0.25, 0.3) is 5.91 Å². The number of carbonyl (C=O) groups excluding carboxylic acids is 1. The Morgan fingerprint density at radius 3 is 2.86 bits per heavy atom. The molecule has 22 heavy (non-hydrogen) atoms. The van der Waals surface area contributed by atoms with Crippen LogP contribution in [0.15, 0.2) is 30.3 Å². The van der Waals surface area contributed by atoms with Gasteiger partial charge in [0.2, 0.25) is 0 Å². The maximum absolute atomic E-state index is 12.4. The highest BCUT2D eigenvalue weighted by atomic mass is 32.1. The molecule has 1 aliphatic rings. The molecule has 2 aromatic rings. The minimum atomic E-state index is -0.0174. The largest absolute Gasteiger partial charge is 0.494 e. The van der Waals surface area contributed by atoms with Crippen molar-refractivity contribution in [3.8, 4) is 5.75 Å². The fourth-order valence-electron chi connectivity index (χ4n) is 2.81. The molecule has 0 fully saturated rings. The second-order valence-electron chi connectivity index (χ2n) is 5.82. The van der Waals surface area contributed by atoms with E-state index >= 15 is 0 Å². The summed E-state index contributed by atoms with van der Waals surface area (Å²) in [6, 6.07) is 9.57. The van der Waals surface area contributed by atoms with Crippen LogP contribution in [0.5, 0.6) is 5.75 Å². The van der Waals surface area contributed by atoms with E-state index in [9.17, 15) is 4.79 Å². The van der Waals surface area contributed by atoms with Gasteiger partial charge >= 0.3 is 0 Å². The predicted molar refractivity (Wildman–Crippen MR) is 91.1 cm³/mol. The fourth-order valence-corrected chi connectivity index (χ4v) is 3.92. The molecule has 3 nitrogen and oxygen atoms in total. The Bertz CT molecular complexity index is 660. The highest BCUT2D eigenvalue weighted by Crippen LogP contribution is 2.32. The summed E-state index contributed by atoms with van der Waals surface area (Å²) in [5.41, 5.74) is 2.16. The van der Waals surface area contributed by atoms with Crippen LogP contribution >= 0.6 is 11.3 Å². The Morgan fingerprint density at radius 2 is 2.14 bits per heavy atom. The lowest BCUT2D eigenvalue weighted by molar-refractivity contribution is 0.103. The Labute approximate surface area is 135 Å². The van der Waals surface area contributed by atoms with E-state index < -0.39 is 0 Å². The fraction of sp³-hybridized carbons (Fsp3) is 0.389. The second kappa shape index (κ2) is 6.53. The summed E-state index contributed by atoms with van der Waals surface area (Å²) in [5.74, 6) is 1.53. The summed E-state index contributed by atoms with van der Waals surface area (Å²) in [5, 5.41) is 2.96. The number of fused-ring (bicyclic) bond motifs is 1. The molecule has 116 valence electrons. The molecule has 3 rings (SSSR count). The van der Waals surface area contributed by atoms with Gasteiger partial charge in [-0.15, -0.1) is 11.3 Å². The number of carbonyl (C=O) groups is 1. The summed E-state index contributed by atoms with van der Waals surface area (Å²) in [6.45, 7) is 4.88. The van der Waals surface area contributed by atoms with Crippen molar-refractivity contribution in [2.45, 2.75) is 33.1 Å². The van der Waals surface area contributed by atoms with E-state index in [1.165, 1.54) is 16.9 Å². The smallest absolute Gasteiger partial charge is 0.265 e. The molecule has 1 atom stereocenters. The van der Waals surface area contributed by atoms with E-state index in [1.54, 1.807) is 11.3 Å². The van der Waals surface area contributed by atoms with Crippen LogP contribution < -0.4 is 10.1 Å². The number of aryl methyl sites for hydroxylation is 1. The van der Waals surface area contributed by atoms with E-state index in [1.807, 2.05) is 31.2 Å². The van der Waals surface area contributed by atoms with Crippen LogP contribution in [0.3, 0.4) is 0 Å². The highest BCUT2D eigenvalue weighted by Gasteiger charge is 2.20. The zero-order valence-electron chi connectivity index (χ0n) is 13.0. The maximum atomic E-state index is 12.4. The van der Waals surface area contributed by atoms with Gasteiger partial charge in [-0.2, -0.15) is 0 Å². The van der Waals surface area contributed by atoms with Crippen molar-refractivity contribution >= 4 is 22.9 Å². The van der Waals surface area contributed by atoms with E-state index in [4.69, 9.17) is 4.74 Å². The van der Waals surface area contributed by atoms with Gasteiger partial charge in [-0.3, -0.25) is 4.79 Å². The highest BCUT2D eigenvalue weighted by molar-refractivity contribution is 7.14. The first kappa shape index (κ1) is 15.1. The van der Waals surface area contributed by atoms with Gasteiger partial charge in [-0.25, -0.2) is 0 Å². The first-order valence-corrected chi connectivity index (χ1v) is 8.63. The molecule has 0 saturated heterocycles. The lowest BCUT2D eigenvalue weighted by Gasteiger charge is -2.16. The Hall–Kier alpha value is -1.81. The standard InChI is InChI=1S/C18H21NO2S/c1-3-21-15-7-5-14(6-8-15)19-18(20)17-11-13-10-12(2)4-9-16(13)22-17/h5-8,11-12H,3-4,9-10H2,1-2H3,(H,19,20)/t12-/m0/s1. The van der Waals surface area contributed by atoms with Gasteiger partial charge in [0.1, 0.15) is 5.75 Å². The Kier molecular flexibility index (Phi) is 4.48. The molecule has 1 aromatic carbocycles. The van der Waals surface area contributed by atoms with Crippen LogP contribution in [-0.2, 0) is 12.8 Å². The van der Waals surface area contributed by atoms with Crippen molar-refractivity contribution < 1.29 is 9.53 Å². The summed E-state index contributed by atoms with van der Waals surface area (Å²) in [4.78, 5) is 14.6. The molecule has 1 amide bonds. The molecule has 0 saturated carbocycles. The van der Waals surface area contributed by atoms with Crippen LogP contribution in [0.4, 0.5) is 5.69 Å². The molecule has 0 bridgehead atoms. The molecule has 1 heterocycles. The molecule has 0 unspecified atom stereocenters. The quantitative estimate of drug-likeness (QED) is 0.900. The summed E-state index contributed by atoms with van der Waals surface area (Å²) in [6.07, 6.45) is 3.44. The van der Waals surface area contributed by atoms with E-state index in [0.717, 1.165) is 35.1 Å². The number of amides is 1. The molecule has 1 aliphatic carbocycles. The average molecular weight is 315 g/mol. The molecule has 0 spiro atoms. The molecule has 0 radical (unpaired) electrons. The first-order valence-electron chi connectivity index (χ1n) is 7.81. The number of anilines is 1. The van der Waals surface area contributed by atoms with Gasteiger partial charge in [-0.05, 0) is 68.0 Å². The normalized spacial score (nSPS) is 16.9. The molecule has 4 heteroatoms. The summed E-state index contributed by atoms with van der Waals surface area (Å²) >= 11 is 1.64. The van der Waals surface area contributed by atoms with Crippen molar-refractivity contribution in [1.29, 1.82) is 0 Å². The topological polar surface area (TPSA) is 38.3 Å². The summed E-state index contributed by atoms with van der Waals surface area (Å²) < 4.78 is 5.40. The van der Waals surface area contributed by atoms with Crippen molar-refractivity contribution in [2.75, 3.05) is 11.9 Å². The van der Waals surface area contributed by atoms with Crippen molar-refractivity contribution in [2.24, 2.45) is 5.92 Å². The average Bonchev–Trinajstić information content (AvgIpc) is 2.92. The third-order valence-electron chi connectivity index (χ3n) is 3.98. The second-order valence-corrected chi connectivity index (χ2v) is 6.96. The molecule has 1 N–H and O–H groups in total. The van der Waals surface area contributed by atoms with E-state index in [0.29, 0.717) is 6.61 Å². The maximum Gasteiger partial charge on any atom is 0.265 e. The Morgan fingerprint density at radius 1 is 1.36 bits per heavy atom. The van der Waals surface area contributed by atoms with E-state index in [-0.39, 0.29) is 5.91 Å². The summed E-state index contributed by atoms with van der Waals surface area (Å²) in [7, 11) is 0. The van der Waals surface area contributed by atoms with Gasteiger partial charge in [-0.1, -0.05) is 6.92 Å². The number of benzene rings is 1. The SMILES string of the molecule is CCOc1ccc(NC(=O)c2cc3c(s2)CC[C@H](C)C3)cc1. The number of ether oxygens (including phenoxy) is 1. The molecule has 1 aromatic heterocycles. The van der Waals surface area contributed by atoms with Gasteiger partial charge in [0, 0.05) is 10.6 Å². The van der Waals surface area contributed by atoms with Crippen LogP contribution in [-0.4, -0.2) is 12.5 Å². The van der Waals surface area contributed by atoms with Crippen LogP contribution in [0, 0.1) is 5.92 Å². The van der Waals surface area contributed by atoms with Crippen LogP contribution in [0.1, 0.15) is 40.4 Å². The molecular formula is C18H21NO2S. The lowest BCUT2D eigenvalue weighted by atomic mass is 9.90. The van der Waals surface area contributed by atoms with Crippen molar-refractivity contribution in [3.63, 3.8) is 0 Å². The van der Waals surface area contributed by atoms with Gasteiger partial charge in [0.15, 0.2) is 0 Å². The number of hydrogen-bond donors (Lipinski definition) is 1. The third kappa shape index (κ3) is 3.33. The van der Waals surface area contributed by atoms with E-state index in [2.05, 4.69) is 18.3 Å². The minimum Gasteiger partial charge on any atom is -0.494 e. The van der Waals surface area contributed by atoms with Gasteiger partial charge in [0.05, 0.1) is 11.5 Å². The number of hydrogen-bond acceptors (Lipinski definition) is 3. The molecular weight excluding hydrogens is 294 g/mol. The number of nitrogens with one attached hydrogen (secondary N) is 1. The monoisotopic (exact) mass is 315 g/mol. The third-order valence-corrected chi connectivity index (χ3v) is 5.21. The Balaban J connectivity index is 1.69.